The quantitative estimate of drug-likeness (QED) is 0.902. The Kier molecular flexibility index (Phi) is 4.35. The number of anilines is 1. The zero-order valence-corrected chi connectivity index (χ0v) is 14.0. The number of hydrogen-bond donors (Lipinski definition) is 1. The van der Waals surface area contributed by atoms with Gasteiger partial charge in [-0.2, -0.15) is 0 Å². The van der Waals surface area contributed by atoms with Gasteiger partial charge in [0.1, 0.15) is 11.8 Å². The van der Waals surface area contributed by atoms with Gasteiger partial charge >= 0.3 is 6.03 Å². The van der Waals surface area contributed by atoms with E-state index in [9.17, 15) is 9.59 Å². The molecular weight excluding hydrogens is 318 g/mol. The van der Waals surface area contributed by atoms with Crippen molar-refractivity contribution in [3.63, 3.8) is 0 Å². The van der Waals surface area contributed by atoms with E-state index in [-0.39, 0.29) is 18.0 Å². The summed E-state index contributed by atoms with van der Waals surface area (Å²) in [5, 5.41) is 3.24. The highest BCUT2D eigenvalue weighted by Crippen LogP contribution is 2.29. The van der Waals surface area contributed by atoms with Gasteiger partial charge in [0.15, 0.2) is 0 Å². The second-order valence-corrected chi connectivity index (χ2v) is 6.34. The molecule has 1 aromatic rings. The Bertz CT molecular complexity index is 637. The predicted molar refractivity (Wildman–Crippen MR) is 87.9 cm³/mol. The van der Waals surface area contributed by atoms with Crippen LogP contribution in [0.3, 0.4) is 0 Å². The van der Waals surface area contributed by atoms with Crippen molar-refractivity contribution in [3.05, 3.63) is 23.2 Å². The summed E-state index contributed by atoms with van der Waals surface area (Å²) in [6.45, 7) is 3.15. The SMILES string of the molecule is COc1ccc(NC(=O)N2C[C@@H]3CCCN3C(=O)[C@H]2C)cc1Cl. The van der Waals surface area contributed by atoms with Gasteiger partial charge in [0.25, 0.3) is 0 Å². The molecule has 1 N–H and O–H groups in total. The number of carbonyl (C=O) groups is 2. The minimum Gasteiger partial charge on any atom is -0.495 e. The van der Waals surface area contributed by atoms with Gasteiger partial charge in [0, 0.05) is 24.8 Å². The topological polar surface area (TPSA) is 61.9 Å². The third-order valence-corrected chi connectivity index (χ3v) is 4.85. The molecule has 7 heteroatoms. The first-order valence-electron chi connectivity index (χ1n) is 7.73. The van der Waals surface area contributed by atoms with Crippen molar-refractivity contribution in [1.29, 1.82) is 0 Å². The Morgan fingerprint density at radius 1 is 1.43 bits per heavy atom. The molecule has 1 aromatic carbocycles. The molecule has 3 rings (SSSR count). The van der Waals surface area contributed by atoms with Crippen molar-refractivity contribution in [2.24, 2.45) is 0 Å². The highest BCUT2D eigenvalue weighted by atomic mass is 35.5. The minimum absolute atomic E-state index is 0.0293. The monoisotopic (exact) mass is 337 g/mol. The molecular formula is C16H20ClN3O3. The molecule has 0 radical (unpaired) electrons. The second-order valence-electron chi connectivity index (χ2n) is 5.94. The van der Waals surface area contributed by atoms with Crippen molar-refractivity contribution in [3.8, 4) is 5.75 Å². The molecule has 0 aliphatic carbocycles. The number of piperazine rings is 1. The van der Waals surface area contributed by atoms with Crippen LogP contribution in [-0.4, -0.2) is 54.0 Å². The first kappa shape index (κ1) is 15.9. The van der Waals surface area contributed by atoms with Crippen LogP contribution in [0.2, 0.25) is 5.02 Å². The maximum atomic E-state index is 12.5. The average molecular weight is 338 g/mol. The highest BCUT2D eigenvalue weighted by Gasteiger charge is 2.42. The molecule has 2 aliphatic heterocycles. The Morgan fingerprint density at radius 2 is 2.22 bits per heavy atom. The van der Waals surface area contributed by atoms with Crippen LogP contribution in [0, 0.1) is 0 Å². The van der Waals surface area contributed by atoms with Crippen LogP contribution in [0.1, 0.15) is 19.8 Å². The maximum Gasteiger partial charge on any atom is 0.322 e. The van der Waals surface area contributed by atoms with Crippen molar-refractivity contribution < 1.29 is 14.3 Å². The van der Waals surface area contributed by atoms with E-state index in [1.807, 2.05) is 4.90 Å². The van der Waals surface area contributed by atoms with E-state index in [4.69, 9.17) is 16.3 Å². The molecule has 0 aromatic heterocycles. The van der Waals surface area contributed by atoms with E-state index in [1.165, 1.54) is 7.11 Å². The molecule has 2 fully saturated rings. The summed E-state index contributed by atoms with van der Waals surface area (Å²) >= 11 is 6.07. The average Bonchev–Trinajstić information content (AvgIpc) is 2.99. The summed E-state index contributed by atoms with van der Waals surface area (Å²) in [5.41, 5.74) is 0.578. The van der Waals surface area contributed by atoms with Crippen molar-refractivity contribution in [1.82, 2.24) is 9.80 Å². The summed E-state index contributed by atoms with van der Waals surface area (Å²) in [7, 11) is 1.54. The zero-order chi connectivity index (χ0) is 16.6. The minimum atomic E-state index is -0.446. The normalized spacial score (nSPS) is 23.7. The molecule has 2 saturated heterocycles. The number of amides is 3. The molecule has 2 aliphatic rings. The number of benzene rings is 1. The third kappa shape index (κ3) is 2.95. The predicted octanol–water partition coefficient (Wildman–Crippen LogP) is 2.58. The Morgan fingerprint density at radius 3 is 2.91 bits per heavy atom. The number of carbonyl (C=O) groups excluding carboxylic acids is 2. The summed E-state index contributed by atoms with van der Waals surface area (Å²) < 4.78 is 5.09. The lowest BCUT2D eigenvalue weighted by molar-refractivity contribution is -0.140. The molecule has 2 heterocycles. The largest absolute Gasteiger partial charge is 0.495 e. The summed E-state index contributed by atoms with van der Waals surface area (Å²) in [4.78, 5) is 28.4. The van der Waals surface area contributed by atoms with Crippen LogP contribution < -0.4 is 10.1 Å². The van der Waals surface area contributed by atoms with Crippen LogP contribution in [-0.2, 0) is 4.79 Å². The number of nitrogens with zero attached hydrogens (tertiary/aromatic N) is 2. The number of urea groups is 1. The van der Waals surface area contributed by atoms with Gasteiger partial charge in [-0.1, -0.05) is 11.6 Å². The molecule has 2 atom stereocenters. The second kappa shape index (κ2) is 6.28. The Hall–Kier alpha value is -1.95. The molecule has 23 heavy (non-hydrogen) atoms. The number of hydrogen-bond acceptors (Lipinski definition) is 3. The first-order valence-corrected chi connectivity index (χ1v) is 8.10. The smallest absolute Gasteiger partial charge is 0.322 e. The van der Waals surface area contributed by atoms with E-state index >= 15 is 0 Å². The fourth-order valence-corrected chi connectivity index (χ4v) is 3.53. The number of nitrogens with one attached hydrogen (secondary N) is 1. The molecule has 0 spiro atoms. The van der Waals surface area contributed by atoms with Gasteiger partial charge in [0.2, 0.25) is 5.91 Å². The van der Waals surface area contributed by atoms with E-state index in [2.05, 4.69) is 5.32 Å². The van der Waals surface area contributed by atoms with E-state index in [1.54, 1.807) is 30.0 Å². The maximum absolute atomic E-state index is 12.5. The van der Waals surface area contributed by atoms with Gasteiger partial charge in [-0.15, -0.1) is 0 Å². The fraction of sp³-hybridized carbons (Fsp3) is 0.500. The van der Waals surface area contributed by atoms with Crippen LogP contribution in [0.4, 0.5) is 10.5 Å². The Labute approximate surface area is 140 Å². The van der Waals surface area contributed by atoms with Crippen LogP contribution in [0.25, 0.3) is 0 Å². The molecule has 3 amide bonds. The molecule has 124 valence electrons. The Balaban J connectivity index is 1.72. The van der Waals surface area contributed by atoms with Crippen LogP contribution in [0.5, 0.6) is 5.75 Å². The molecule has 6 nitrogen and oxygen atoms in total. The first-order chi connectivity index (χ1) is 11.0. The molecule has 0 unspecified atom stereocenters. The van der Waals surface area contributed by atoms with Crippen molar-refractivity contribution in [2.45, 2.75) is 31.8 Å². The van der Waals surface area contributed by atoms with Crippen LogP contribution >= 0.6 is 11.6 Å². The van der Waals surface area contributed by atoms with E-state index in [0.29, 0.717) is 23.0 Å². The van der Waals surface area contributed by atoms with Gasteiger partial charge in [-0.3, -0.25) is 4.79 Å². The van der Waals surface area contributed by atoms with Crippen molar-refractivity contribution >= 4 is 29.2 Å². The molecule has 0 saturated carbocycles. The third-order valence-electron chi connectivity index (χ3n) is 4.56. The summed E-state index contributed by atoms with van der Waals surface area (Å²) in [6, 6.07) is 4.47. The number of rotatable bonds is 2. The lowest BCUT2D eigenvalue weighted by Gasteiger charge is -2.41. The van der Waals surface area contributed by atoms with Gasteiger partial charge in [0.05, 0.1) is 12.1 Å². The van der Waals surface area contributed by atoms with E-state index in [0.717, 1.165) is 19.4 Å². The fourth-order valence-electron chi connectivity index (χ4n) is 3.27. The number of fused-ring (bicyclic) bond motifs is 1. The lowest BCUT2D eigenvalue weighted by atomic mass is 10.1. The zero-order valence-electron chi connectivity index (χ0n) is 13.2. The van der Waals surface area contributed by atoms with Gasteiger partial charge in [-0.25, -0.2) is 4.79 Å². The lowest BCUT2D eigenvalue weighted by Crippen LogP contribution is -2.60. The summed E-state index contributed by atoms with van der Waals surface area (Å²) in [6.07, 6.45) is 1.96. The van der Waals surface area contributed by atoms with Gasteiger partial charge in [-0.05, 0) is 38.0 Å². The molecule has 0 bridgehead atoms. The van der Waals surface area contributed by atoms with Crippen molar-refractivity contribution in [2.75, 3.05) is 25.5 Å². The number of halogens is 1. The summed E-state index contributed by atoms with van der Waals surface area (Å²) in [5.74, 6) is 0.578. The van der Waals surface area contributed by atoms with E-state index < -0.39 is 6.04 Å². The number of ether oxygens (including phenoxy) is 1. The standard InChI is InChI=1S/C16H20ClN3O3/c1-10-15(21)19-7-3-4-12(19)9-20(10)16(22)18-11-5-6-14(23-2)13(17)8-11/h5-6,8,10,12H,3-4,7,9H2,1-2H3,(H,18,22)/t10-,12+/m1/s1. The highest BCUT2D eigenvalue weighted by molar-refractivity contribution is 6.32. The van der Waals surface area contributed by atoms with Crippen LogP contribution in [0.15, 0.2) is 18.2 Å². The number of methoxy groups -OCH3 is 1. The van der Waals surface area contributed by atoms with Gasteiger partial charge < -0.3 is 19.9 Å².